The third kappa shape index (κ3) is 4.13. The highest BCUT2D eigenvalue weighted by molar-refractivity contribution is 6.20. The van der Waals surface area contributed by atoms with Crippen LogP contribution in [0.25, 0.3) is 99.9 Å². The molecule has 0 fully saturated rings. The molecule has 0 atom stereocenters. The maximum Gasteiger partial charge on any atom is 0.166 e. The van der Waals surface area contributed by atoms with Crippen molar-refractivity contribution in [2.45, 2.75) is 0 Å². The molecule has 6 nitrogen and oxygen atoms in total. The third-order valence-corrected chi connectivity index (χ3v) is 9.00. The molecule has 4 aromatic heterocycles. The van der Waals surface area contributed by atoms with E-state index in [9.17, 15) is 0 Å². The Morgan fingerprint density at radius 2 is 1.02 bits per heavy atom. The Hall–Kier alpha value is -6.66. The second kappa shape index (κ2) is 10.4. The van der Waals surface area contributed by atoms with Gasteiger partial charge >= 0.3 is 0 Å². The number of hydrogen-bond donors (Lipinski definition) is 0. The normalized spacial score (nSPS) is 11.8. The molecule has 0 radical (unpaired) electrons. The lowest BCUT2D eigenvalue weighted by molar-refractivity contribution is 0.668. The smallest absolute Gasteiger partial charge is 0.166 e. The minimum Gasteiger partial charge on any atom is -0.456 e. The second-order valence-electron chi connectivity index (χ2n) is 11.9. The van der Waals surface area contributed by atoms with Crippen LogP contribution in [0.5, 0.6) is 0 Å². The van der Waals surface area contributed by atoms with Crippen molar-refractivity contribution in [3.8, 4) is 45.3 Å². The molecule has 48 heavy (non-hydrogen) atoms. The molecule has 0 aliphatic carbocycles. The zero-order chi connectivity index (χ0) is 31.6. The van der Waals surface area contributed by atoms with E-state index in [4.69, 9.17) is 23.8 Å². The van der Waals surface area contributed by atoms with Crippen molar-refractivity contribution in [1.29, 1.82) is 0 Å². The van der Waals surface area contributed by atoms with Crippen LogP contribution in [0.4, 0.5) is 0 Å². The van der Waals surface area contributed by atoms with Crippen molar-refractivity contribution >= 4 is 54.6 Å². The van der Waals surface area contributed by atoms with Crippen LogP contribution >= 0.6 is 0 Å². The number of para-hydroxylation sites is 1. The second-order valence-corrected chi connectivity index (χ2v) is 11.9. The van der Waals surface area contributed by atoms with E-state index >= 15 is 0 Å². The van der Waals surface area contributed by atoms with E-state index < -0.39 is 0 Å². The summed E-state index contributed by atoms with van der Waals surface area (Å²) in [4.78, 5) is 19.5. The Balaban J connectivity index is 1.22. The number of fused-ring (bicyclic) bond motifs is 7. The molecular formula is C42H24N4O2. The summed E-state index contributed by atoms with van der Waals surface area (Å²) >= 11 is 0. The van der Waals surface area contributed by atoms with Crippen LogP contribution in [0.15, 0.2) is 155 Å². The first-order valence-corrected chi connectivity index (χ1v) is 15.8. The number of nitrogens with zero attached hydrogens (tertiary/aromatic N) is 4. The quantitative estimate of drug-likeness (QED) is 0.196. The molecule has 10 aromatic rings. The molecule has 0 aliphatic rings. The standard InChI is InChI=1S/C42H24N4O2/c1-3-11-25(12-4-1)40-44-41(26-13-5-2-6-14-26)46-42(45-40)33-23-43-24-36-38(33)31-19-9-18-30(39(31)48-36)29-17-10-20-34-37(29)32-21-27-15-7-8-16-28(27)22-35(32)47-34/h1-24H. The molecule has 0 bridgehead atoms. The van der Waals surface area contributed by atoms with Crippen molar-refractivity contribution in [3.05, 3.63) is 146 Å². The van der Waals surface area contributed by atoms with Crippen molar-refractivity contribution in [3.63, 3.8) is 0 Å². The molecule has 224 valence electrons. The molecule has 4 heterocycles. The van der Waals surface area contributed by atoms with Crippen LogP contribution in [-0.2, 0) is 0 Å². The van der Waals surface area contributed by atoms with Gasteiger partial charge in [-0.3, -0.25) is 4.98 Å². The van der Waals surface area contributed by atoms with Crippen LogP contribution in [-0.4, -0.2) is 19.9 Å². The summed E-state index contributed by atoms with van der Waals surface area (Å²) in [7, 11) is 0. The van der Waals surface area contributed by atoms with Gasteiger partial charge in [0.2, 0.25) is 0 Å². The third-order valence-electron chi connectivity index (χ3n) is 9.00. The van der Waals surface area contributed by atoms with E-state index in [-0.39, 0.29) is 0 Å². The van der Waals surface area contributed by atoms with Crippen LogP contribution in [0.2, 0.25) is 0 Å². The van der Waals surface area contributed by atoms with Gasteiger partial charge in [0.15, 0.2) is 23.1 Å². The highest BCUT2D eigenvalue weighted by Gasteiger charge is 2.22. The Bertz CT molecular complexity index is 2780. The SMILES string of the molecule is c1ccc(-c2nc(-c3ccccc3)nc(-c3cncc4oc5c(-c6cccc7oc8cc9ccccc9cc8c67)cccc5c34)n2)cc1. The predicted octanol–water partition coefficient (Wildman–Crippen LogP) is 10.9. The van der Waals surface area contributed by atoms with E-state index in [0.29, 0.717) is 23.1 Å². The van der Waals surface area contributed by atoms with E-state index in [0.717, 1.165) is 71.5 Å². The number of hydrogen-bond acceptors (Lipinski definition) is 6. The van der Waals surface area contributed by atoms with Gasteiger partial charge in [-0.15, -0.1) is 0 Å². The van der Waals surface area contributed by atoms with Crippen LogP contribution in [0.1, 0.15) is 0 Å². The topological polar surface area (TPSA) is 77.8 Å². The first-order chi connectivity index (χ1) is 23.8. The van der Waals surface area contributed by atoms with Crippen molar-refractivity contribution in [2.75, 3.05) is 0 Å². The molecule has 0 N–H and O–H groups in total. The van der Waals surface area contributed by atoms with Gasteiger partial charge in [0.05, 0.1) is 6.20 Å². The fraction of sp³-hybridized carbons (Fsp3) is 0. The predicted molar refractivity (Wildman–Crippen MR) is 191 cm³/mol. The lowest BCUT2D eigenvalue weighted by Crippen LogP contribution is -2.00. The van der Waals surface area contributed by atoms with E-state index in [1.807, 2.05) is 79.0 Å². The summed E-state index contributed by atoms with van der Waals surface area (Å²) in [5.74, 6) is 1.72. The van der Waals surface area contributed by atoms with Crippen molar-refractivity contribution in [1.82, 2.24) is 19.9 Å². The molecule has 0 saturated carbocycles. The van der Waals surface area contributed by atoms with E-state index in [1.54, 1.807) is 6.20 Å². The maximum atomic E-state index is 6.67. The van der Waals surface area contributed by atoms with Crippen LogP contribution in [0, 0.1) is 0 Å². The first kappa shape index (κ1) is 26.5. The van der Waals surface area contributed by atoms with Gasteiger partial charge in [0, 0.05) is 50.0 Å². The minimum absolute atomic E-state index is 0.531. The van der Waals surface area contributed by atoms with Gasteiger partial charge in [-0.25, -0.2) is 15.0 Å². The minimum atomic E-state index is 0.531. The van der Waals surface area contributed by atoms with Gasteiger partial charge in [0.1, 0.15) is 16.7 Å². The molecule has 0 spiro atoms. The molecule has 6 heteroatoms. The lowest BCUT2D eigenvalue weighted by Gasteiger charge is -2.09. The van der Waals surface area contributed by atoms with E-state index in [1.165, 1.54) is 5.39 Å². The fourth-order valence-electron chi connectivity index (χ4n) is 6.80. The first-order valence-electron chi connectivity index (χ1n) is 15.8. The molecule has 10 rings (SSSR count). The average molecular weight is 617 g/mol. The van der Waals surface area contributed by atoms with Gasteiger partial charge in [-0.05, 0) is 34.5 Å². The Morgan fingerprint density at radius 3 is 1.77 bits per heavy atom. The summed E-state index contributed by atoms with van der Waals surface area (Å²) in [5.41, 5.74) is 7.73. The van der Waals surface area contributed by atoms with Gasteiger partial charge in [0.25, 0.3) is 0 Å². The summed E-state index contributed by atoms with van der Waals surface area (Å²) in [6, 6.07) is 45.1. The fourth-order valence-corrected chi connectivity index (χ4v) is 6.80. The Kier molecular flexibility index (Phi) is 5.77. The number of pyridine rings is 1. The van der Waals surface area contributed by atoms with E-state index in [2.05, 4.69) is 65.6 Å². The molecule has 0 aliphatic heterocycles. The molecule has 0 amide bonds. The number of aromatic nitrogens is 4. The summed E-state index contributed by atoms with van der Waals surface area (Å²) in [6.45, 7) is 0. The molecule has 0 saturated heterocycles. The average Bonchev–Trinajstić information content (AvgIpc) is 3.72. The summed E-state index contributed by atoms with van der Waals surface area (Å²) < 4.78 is 13.1. The number of benzene rings is 6. The lowest BCUT2D eigenvalue weighted by atomic mass is 9.96. The number of furan rings is 2. The monoisotopic (exact) mass is 616 g/mol. The Labute approximate surface area is 274 Å². The van der Waals surface area contributed by atoms with Gasteiger partial charge in [-0.1, -0.05) is 115 Å². The van der Waals surface area contributed by atoms with Crippen LogP contribution in [0.3, 0.4) is 0 Å². The Morgan fingerprint density at radius 1 is 0.396 bits per heavy atom. The van der Waals surface area contributed by atoms with Gasteiger partial charge in [-0.2, -0.15) is 0 Å². The van der Waals surface area contributed by atoms with Crippen molar-refractivity contribution < 1.29 is 8.83 Å². The highest BCUT2D eigenvalue weighted by atomic mass is 16.3. The summed E-state index contributed by atoms with van der Waals surface area (Å²) in [5, 5.41) is 6.31. The number of rotatable bonds is 4. The maximum absolute atomic E-state index is 6.67. The van der Waals surface area contributed by atoms with Crippen molar-refractivity contribution in [2.24, 2.45) is 0 Å². The largest absolute Gasteiger partial charge is 0.456 e. The molecule has 0 unspecified atom stereocenters. The highest BCUT2D eigenvalue weighted by Crippen LogP contribution is 2.44. The zero-order valence-electron chi connectivity index (χ0n) is 25.5. The summed E-state index contributed by atoms with van der Waals surface area (Å²) in [6.07, 6.45) is 3.58. The molecular weight excluding hydrogens is 592 g/mol. The van der Waals surface area contributed by atoms with Crippen LogP contribution < -0.4 is 0 Å². The zero-order valence-corrected chi connectivity index (χ0v) is 25.5. The van der Waals surface area contributed by atoms with Gasteiger partial charge < -0.3 is 8.83 Å². The molecule has 6 aromatic carbocycles.